The average Bonchev–Trinajstić information content (AvgIpc) is 2.40. The van der Waals surface area contributed by atoms with Crippen molar-refractivity contribution in [1.29, 1.82) is 0 Å². The highest BCUT2D eigenvalue weighted by molar-refractivity contribution is 6.22. The maximum absolute atomic E-state index is 12.1. The fourth-order valence-electron chi connectivity index (χ4n) is 2.05. The Bertz CT molecular complexity index is 620. The minimum absolute atomic E-state index is 0.254. The molecular formula is C16H14ClF3O. The Hall–Kier alpha value is -1.68. The van der Waals surface area contributed by atoms with E-state index in [0.29, 0.717) is 0 Å². The number of hydrogen-bond donors (Lipinski definition) is 0. The number of aryl methyl sites for hydroxylation is 2. The lowest BCUT2D eigenvalue weighted by Crippen LogP contribution is -2.17. The zero-order chi connectivity index (χ0) is 15.6. The molecule has 1 unspecified atom stereocenters. The molecule has 0 fully saturated rings. The highest BCUT2D eigenvalue weighted by Gasteiger charge is 2.31. The lowest BCUT2D eigenvalue weighted by Gasteiger charge is -2.15. The summed E-state index contributed by atoms with van der Waals surface area (Å²) in [7, 11) is 0. The summed E-state index contributed by atoms with van der Waals surface area (Å²) in [4.78, 5) is 0. The summed E-state index contributed by atoms with van der Waals surface area (Å²) >= 11 is 6.43. The van der Waals surface area contributed by atoms with Crippen molar-refractivity contribution in [3.05, 3.63) is 64.7 Å². The van der Waals surface area contributed by atoms with Gasteiger partial charge in [-0.25, -0.2) is 0 Å². The van der Waals surface area contributed by atoms with Crippen molar-refractivity contribution in [3.63, 3.8) is 0 Å². The number of halogens is 4. The molecule has 1 nitrogen and oxygen atoms in total. The van der Waals surface area contributed by atoms with Crippen LogP contribution in [0, 0.1) is 13.8 Å². The fourth-order valence-corrected chi connectivity index (χ4v) is 2.43. The molecule has 112 valence electrons. The summed E-state index contributed by atoms with van der Waals surface area (Å²) in [6, 6.07) is 11.6. The van der Waals surface area contributed by atoms with E-state index < -0.39 is 11.7 Å². The van der Waals surface area contributed by atoms with E-state index in [1.54, 1.807) is 12.1 Å². The van der Waals surface area contributed by atoms with Crippen LogP contribution >= 0.6 is 11.6 Å². The zero-order valence-corrected chi connectivity index (χ0v) is 12.3. The van der Waals surface area contributed by atoms with Crippen LogP contribution in [0.3, 0.4) is 0 Å². The normalized spacial score (nSPS) is 13.0. The van der Waals surface area contributed by atoms with Crippen molar-refractivity contribution in [3.8, 4) is 5.75 Å². The van der Waals surface area contributed by atoms with Crippen molar-refractivity contribution in [2.45, 2.75) is 25.6 Å². The molecule has 0 aliphatic heterocycles. The van der Waals surface area contributed by atoms with Crippen LogP contribution in [0.4, 0.5) is 13.2 Å². The molecule has 0 aliphatic rings. The number of benzene rings is 2. The molecule has 0 radical (unpaired) electrons. The van der Waals surface area contributed by atoms with Crippen molar-refractivity contribution in [1.82, 2.24) is 0 Å². The first-order chi connectivity index (χ1) is 9.76. The van der Waals surface area contributed by atoms with E-state index in [0.717, 1.165) is 22.3 Å². The fraction of sp³-hybridized carbons (Fsp3) is 0.250. The first-order valence-electron chi connectivity index (χ1n) is 6.33. The van der Waals surface area contributed by atoms with Gasteiger partial charge >= 0.3 is 6.36 Å². The highest BCUT2D eigenvalue weighted by atomic mass is 35.5. The van der Waals surface area contributed by atoms with Gasteiger partial charge in [-0.05, 0) is 42.7 Å². The second-order valence-corrected chi connectivity index (χ2v) is 5.28. The lowest BCUT2D eigenvalue weighted by molar-refractivity contribution is -0.274. The molecule has 0 amide bonds. The minimum Gasteiger partial charge on any atom is -0.406 e. The zero-order valence-electron chi connectivity index (χ0n) is 11.5. The van der Waals surface area contributed by atoms with Crippen LogP contribution in [0.15, 0.2) is 42.5 Å². The predicted molar refractivity (Wildman–Crippen MR) is 76.7 cm³/mol. The Morgan fingerprint density at radius 3 is 2.19 bits per heavy atom. The van der Waals surface area contributed by atoms with Crippen molar-refractivity contribution in [2.75, 3.05) is 0 Å². The van der Waals surface area contributed by atoms with Gasteiger partial charge in [-0.1, -0.05) is 35.9 Å². The molecule has 0 N–H and O–H groups in total. The van der Waals surface area contributed by atoms with Crippen molar-refractivity contribution in [2.24, 2.45) is 0 Å². The molecule has 0 heterocycles. The third kappa shape index (κ3) is 4.14. The van der Waals surface area contributed by atoms with E-state index >= 15 is 0 Å². The molecule has 0 saturated carbocycles. The van der Waals surface area contributed by atoms with Gasteiger partial charge in [-0.2, -0.15) is 0 Å². The topological polar surface area (TPSA) is 9.23 Å². The maximum Gasteiger partial charge on any atom is 0.573 e. The standard InChI is InChI=1S/C16H14ClF3O/c1-10-3-4-11(2)14(9-10)15(17)12-5-7-13(8-6-12)21-16(18,19)20/h3-9,15H,1-2H3. The molecule has 5 heteroatoms. The molecule has 2 rings (SSSR count). The molecular weight excluding hydrogens is 301 g/mol. The van der Waals surface area contributed by atoms with E-state index in [2.05, 4.69) is 4.74 Å². The summed E-state index contributed by atoms with van der Waals surface area (Å²) in [6.07, 6.45) is -4.69. The predicted octanol–water partition coefficient (Wildman–Crippen LogP) is 5.53. The van der Waals surface area contributed by atoms with Gasteiger partial charge in [-0.3, -0.25) is 0 Å². The summed E-state index contributed by atoms with van der Waals surface area (Å²) < 4.78 is 40.2. The molecule has 2 aromatic carbocycles. The van der Waals surface area contributed by atoms with Crippen LogP contribution < -0.4 is 4.74 Å². The number of alkyl halides is 4. The van der Waals surface area contributed by atoms with Crippen LogP contribution in [0.5, 0.6) is 5.75 Å². The molecule has 0 saturated heterocycles. The summed E-state index contributed by atoms with van der Waals surface area (Å²) in [5.74, 6) is -0.254. The van der Waals surface area contributed by atoms with E-state index in [1.807, 2.05) is 32.0 Å². The first kappa shape index (κ1) is 15.7. The van der Waals surface area contributed by atoms with Gasteiger partial charge in [0.1, 0.15) is 5.75 Å². The van der Waals surface area contributed by atoms with Gasteiger partial charge in [0, 0.05) is 0 Å². The third-order valence-corrected chi connectivity index (χ3v) is 3.60. The van der Waals surface area contributed by atoms with Gasteiger partial charge in [0.05, 0.1) is 5.38 Å². The Morgan fingerprint density at radius 1 is 1.00 bits per heavy atom. The number of rotatable bonds is 3. The largest absolute Gasteiger partial charge is 0.573 e. The molecule has 21 heavy (non-hydrogen) atoms. The van der Waals surface area contributed by atoms with E-state index in [-0.39, 0.29) is 5.75 Å². The van der Waals surface area contributed by atoms with Crippen LogP contribution in [0.25, 0.3) is 0 Å². The molecule has 0 spiro atoms. The molecule has 2 aromatic rings. The van der Waals surface area contributed by atoms with Gasteiger partial charge in [0.2, 0.25) is 0 Å². The third-order valence-electron chi connectivity index (χ3n) is 3.11. The number of hydrogen-bond acceptors (Lipinski definition) is 1. The van der Waals surface area contributed by atoms with Crippen molar-refractivity contribution >= 4 is 11.6 Å². The van der Waals surface area contributed by atoms with E-state index in [1.165, 1.54) is 12.1 Å². The average molecular weight is 315 g/mol. The van der Waals surface area contributed by atoms with Gasteiger partial charge in [0.25, 0.3) is 0 Å². The Kier molecular flexibility index (Phi) is 4.47. The molecule has 0 aromatic heterocycles. The Morgan fingerprint density at radius 2 is 1.62 bits per heavy atom. The summed E-state index contributed by atoms with van der Waals surface area (Å²) in [5, 5.41) is -0.412. The molecule has 0 aliphatic carbocycles. The summed E-state index contributed by atoms with van der Waals surface area (Å²) in [6.45, 7) is 3.91. The second kappa shape index (κ2) is 5.98. The van der Waals surface area contributed by atoms with Gasteiger partial charge < -0.3 is 4.74 Å². The highest BCUT2D eigenvalue weighted by Crippen LogP contribution is 2.33. The van der Waals surface area contributed by atoms with Crippen LogP contribution in [0.2, 0.25) is 0 Å². The van der Waals surface area contributed by atoms with Crippen LogP contribution in [0.1, 0.15) is 27.6 Å². The van der Waals surface area contributed by atoms with Crippen molar-refractivity contribution < 1.29 is 17.9 Å². The monoisotopic (exact) mass is 314 g/mol. The SMILES string of the molecule is Cc1ccc(C)c(C(Cl)c2ccc(OC(F)(F)F)cc2)c1. The smallest absolute Gasteiger partial charge is 0.406 e. The van der Waals surface area contributed by atoms with Crippen LogP contribution in [-0.4, -0.2) is 6.36 Å². The van der Waals surface area contributed by atoms with Gasteiger partial charge in [0.15, 0.2) is 0 Å². The van der Waals surface area contributed by atoms with Gasteiger partial charge in [-0.15, -0.1) is 24.8 Å². The molecule has 1 atom stereocenters. The summed E-state index contributed by atoms with van der Waals surface area (Å²) in [5.41, 5.74) is 3.79. The lowest BCUT2D eigenvalue weighted by atomic mass is 9.98. The minimum atomic E-state index is -4.69. The quantitative estimate of drug-likeness (QED) is 0.677. The first-order valence-corrected chi connectivity index (χ1v) is 6.77. The van der Waals surface area contributed by atoms with E-state index in [4.69, 9.17) is 11.6 Å². The maximum atomic E-state index is 12.1. The van der Waals surface area contributed by atoms with Crippen LogP contribution in [-0.2, 0) is 0 Å². The number of ether oxygens (including phenoxy) is 1. The molecule has 0 bridgehead atoms. The Balaban J connectivity index is 2.24. The van der Waals surface area contributed by atoms with E-state index in [9.17, 15) is 13.2 Å². The Labute approximate surface area is 126 Å². The second-order valence-electron chi connectivity index (χ2n) is 4.84.